The third-order valence-electron chi connectivity index (χ3n) is 3.45. The molecule has 0 spiro atoms. The van der Waals surface area contributed by atoms with Gasteiger partial charge in [0.1, 0.15) is 0 Å². The Kier molecular flexibility index (Phi) is 2.57. The van der Waals surface area contributed by atoms with Crippen LogP contribution in [0.2, 0.25) is 0 Å². The molecule has 0 unspecified atom stereocenters. The molecule has 5 nitrogen and oxygen atoms in total. The van der Waals surface area contributed by atoms with Crippen molar-refractivity contribution < 1.29 is 4.74 Å². The zero-order chi connectivity index (χ0) is 14.2. The zero-order valence-electron chi connectivity index (χ0n) is 11.4. The van der Waals surface area contributed by atoms with Crippen LogP contribution in [0.15, 0.2) is 55.0 Å². The number of hydrogen-bond acceptors (Lipinski definition) is 4. The lowest BCUT2D eigenvalue weighted by molar-refractivity contribution is 0.401. The van der Waals surface area contributed by atoms with E-state index in [4.69, 9.17) is 4.74 Å². The van der Waals surface area contributed by atoms with Gasteiger partial charge in [-0.05, 0) is 18.2 Å². The predicted octanol–water partition coefficient (Wildman–Crippen LogP) is 2.95. The lowest BCUT2D eigenvalue weighted by atomic mass is 10.1. The van der Waals surface area contributed by atoms with Crippen LogP contribution in [0.3, 0.4) is 0 Å². The number of aromatic nitrogens is 4. The first-order chi connectivity index (χ1) is 10.4. The smallest absolute Gasteiger partial charge is 0.221 e. The quantitative estimate of drug-likeness (QED) is 0.565. The molecule has 0 aliphatic carbocycles. The highest BCUT2D eigenvalue weighted by molar-refractivity contribution is 5.89. The molecule has 0 amide bonds. The van der Waals surface area contributed by atoms with Gasteiger partial charge in [-0.25, -0.2) is 14.5 Å². The molecule has 3 heterocycles. The van der Waals surface area contributed by atoms with Crippen molar-refractivity contribution in [2.45, 2.75) is 0 Å². The highest BCUT2D eigenvalue weighted by Gasteiger charge is 2.14. The highest BCUT2D eigenvalue weighted by atomic mass is 16.5. The monoisotopic (exact) mass is 276 g/mol. The van der Waals surface area contributed by atoms with Crippen molar-refractivity contribution in [3.8, 4) is 17.0 Å². The van der Waals surface area contributed by atoms with Gasteiger partial charge in [0.05, 0.1) is 24.4 Å². The summed E-state index contributed by atoms with van der Waals surface area (Å²) >= 11 is 0. The topological polar surface area (TPSA) is 52.3 Å². The molecule has 21 heavy (non-hydrogen) atoms. The molecule has 3 aromatic heterocycles. The summed E-state index contributed by atoms with van der Waals surface area (Å²) in [6.07, 6.45) is 5.41. The van der Waals surface area contributed by atoms with Gasteiger partial charge in [-0.3, -0.25) is 0 Å². The van der Waals surface area contributed by atoms with Crippen LogP contribution in [0, 0.1) is 0 Å². The number of pyridine rings is 1. The fraction of sp³-hybridized carbons (Fsp3) is 0.0625. The van der Waals surface area contributed by atoms with Crippen molar-refractivity contribution in [2.24, 2.45) is 0 Å². The number of hydrogen-bond donors (Lipinski definition) is 0. The van der Waals surface area contributed by atoms with E-state index in [1.807, 2.05) is 36.5 Å². The standard InChI is InChI=1S/C16H12N4O/c1-21-16-12(9-11-5-2-3-6-14(11)19-16)13-10-18-20-8-4-7-17-15(13)20/h2-10H,1H3. The summed E-state index contributed by atoms with van der Waals surface area (Å²) in [6.45, 7) is 0. The van der Waals surface area contributed by atoms with Gasteiger partial charge in [-0.2, -0.15) is 5.10 Å². The van der Waals surface area contributed by atoms with Crippen molar-refractivity contribution in [3.05, 3.63) is 55.0 Å². The Labute approximate surface area is 120 Å². The maximum absolute atomic E-state index is 5.45. The highest BCUT2D eigenvalue weighted by Crippen LogP contribution is 2.33. The summed E-state index contributed by atoms with van der Waals surface area (Å²) in [7, 11) is 1.62. The summed E-state index contributed by atoms with van der Waals surface area (Å²) in [5.74, 6) is 0.578. The van der Waals surface area contributed by atoms with Gasteiger partial charge in [0.2, 0.25) is 5.88 Å². The number of nitrogens with zero attached hydrogens (tertiary/aromatic N) is 4. The number of fused-ring (bicyclic) bond motifs is 2. The Morgan fingerprint density at radius 2 is 2.00 bits per heavy atom. The molecule has 4 aromatic rings. The summed E-state index contributed by atoms with van der Waals surface area (Å²) < 4.78 is 7.19. The molecular weight excluding hydrogens is 264 g/mol. The van der Waals surface area contributed by atoms with Gasteiger partial charge in [0.25, 0.3) is 0 Å². The summed E-state index contributed by atoms with van der Waals surface area (Å²) in [4.78, 5) is 8.96. The average molecular weight is 276 g/mol. The predicted molar refractivity (Wildman–Crippen MR) is 80.3 cm³/mol. The van der Waals surface area contributed by atoms with Crippen LogP contribution in [0.5, 0.6) is 5.88 Å². The molecule has 0 radical (unpaired) electrons. The van der Waals surface area contributed by atoms with E-state index < -0.39 is 0 Å². The third-order valence-corrected chi connectivity index (χ3v) is 3.45. The molecule has 0 N–H and O–H groups in total. The van der Waals surface area contributed by atoms with Crippen LogP contribution in [-0.4, -0.2) is 26.7 Å². The third kappa shape index (κ3) is 1.82. The van der Waals surface area contributed by atoms with Crippen LogP contribution < -0.4 is 4.74 Å². The van der Waals surface area contributed by atoms with Crippen LogP contribution in [-0.2, 0) is 0 Å². The lowest BCUT2D eigenvalue weighted by Crippen LogP contribution is -1.93. The summed E-state index contributed by atoms with van der Waals surface area (Å²) in [6, 6.07) is 11.9. The molecule has 0 atom stereocenters. The Balaban J connectivity index is 2.04. The summed E-state index contributed by atoms with van der Waals surface area (Å²) in [5, 5.41) is 5.38. The molecule has 0 aliphatic rings. The van der Waals surface area contributed by atoms with Crippen molar-refractivity contribution in [1.82, 2.24) is 19.6 Å². The number of methoxy groups -OCH3 is 1. The van der Waals surface area contributed by atoms with Gasteiger partial charge in [-0.15, -0.1) is 0 Å². The normalized spacial score (nSPS) is 11.1. The van der Waals surface area contributed by atoms with Gasteiger partial charge in [0.15, 0.2) is 5.65 Å². The minimum absolute atomic E-state index is 0.578. The van der Waals surface area contributed by atoms with Crippen LogP contribution in [0.1, 0.15) is 0 Å². The van der Waals surface area contributed by atoms with E-state index in [-0.39, 0.29) is 0 Å². The largest absolute Gasteiger partial charge is 0.481 e. The number of para-hydroxylation sites is 1. The molecule has 0 saturated heterocycles. The van der Waals surface area contributed by atoms with Crippen molar-refractivity contribution >= 4 is 16.6 Å². The van der Waals surface area contributed by atoms with Gasteiger partial charge in [-0.1, -0.05) is 18.2 Å². The van der Waals surface area contributed by atoms with Crippen LogP contribution >= 0.6 is 0 Å². The fourth-order valence-corrected chi connectivity index (χ4v) is 2.46. The maximum Gasteiger partial charge on any atom is 0.221 e. The first-order valence-electron chi connectivity index (χ1n) is 6.59. The molecule has 4 rings (SSSR count). The van der Waals surface area contributed by atoms with Crippen LogP contribution in [0.4, 0.5) is 0 Å². The SMILES string of the molecule is COc1nc2ccccc2cc1-c1cnn2cccnc12. The van der Waals surface area contributed by atoms with E-state index in [1.54, 1.807) is 24.0 Å². The second-order valence-electron chi connectivity index (χ2n) is 4.68. The Bertz CT molecular complexity index is 945. The Hall–Kier alpha value is -2.95. The fourth-order valence-electron chi connectivity index (χ4n) is 2.46. The molecular formula is C16H12N4O. The van der Waals surface area contributed by atoms with E-state index in [2.05, 4.69) is 21.1 Å². The lowest BCUT2D eigenvalue weighted by Gasteiger charge is -2.08. The second-order valence-corrected chi connectivity index (χ2v) is 4.68. The molecule has 1 aromatic carbocycles. The van der Waals surface area contributed by atoms with Gasteiger partial charge in [0, 0.05) is 23.3 Å². The zero-order valence-corrected chi connectivity index (χ0v) is 11.4. The van der Waals surface area contributed by atoms with Crippen molar-refractivity contribution in [3.63, 3.8) is 0 Å². The molecule has 102 valence electrons. The average Bonchev–Trinajstić information content (AvgIpc) is 2.97. The Morgan fingerprint density at radius 1 is 1.10 bits per heavy atom. The van der Waals surface area contributed by atoms with E-state index in [1.165, 1.54) is 0 Å². The van der Waals surface area contributed by atoms with Crippen LogP contribution in [0.25, 0.3) is 27.7 Å². The first-order valence-corrected chi connectivity index (χ1v) is 6.59. The molecule has 0 saturated carbocycles. The number of ether oxygens (including phenoxy) is 1. The minimum Gasteiger partial charge on any atom is -0.481 e. The van der Waals surface area contributed by atoms with Crippen molar-refractivity contribution in [1.29, 1.82) is 0 Å². The first kappa shape index (κ1) is 11.8. The van der Waals surface area contributed by atoms with E-state index >= 15 is 0 Å². The molecule has 5 heteroatoms. The number of benzene rings is 1. The second kappa shape index (κ2) is 4.56. The summed E-state index contributed by atoms with van der Waals surface area (Å²) in [5.41, 5.74) is 3.49. The maximum atomic E-state index is 5.45. The minimum atomic E-state index is 0.578. The molecule has 0 fully saturated rings. The number of rotatable bonds is 2. The Morgan fingerprint density at radius 3 is 2.90 bits per heavy atom. The molecule has 0 aliphatic heterocycles. The van der Waals surface area contributed by atoms with Crippen molar-refractivity contribution in [2.75, 3.05) is 7.11 Å². The van der Waals surface area contributed by atoms with E-state index in [0.717, 1.165) is 27.7 Å². The molecule has 0 bridgehead atoms. The van der Waals surface area contributed by atoms with Gasteiger partial charge < -0.3 is 4.74 Å². The van der Waals surface area contributed by atoms with E-state index in [0.29, 0.717) is 5.88 Å². The van der Waals surface area contributed by atoms with Gasteiger partial charge >= 0.3 is 0 Å². The van der Waals surface area contributed by atoms with E-state index in [9.17, 15) is 0 Å².